The van der Waals surface area contributed by atoms with Gasteiger partial charge in [0.05, 0.1) is 0 Å². The van der Waals surface area contributed by atoms with Crippen LogP contribution in [-0.2, 0) is 9.59 Å². The van der Waals surface area contributed by atoms with Crippen molar-refractivity contribution in [3.05, 3.63) is 28.6 Å². The Morgan fingerprint density at radius 1 is 1.37 bits per heavy atom. The molecule has 0 aliphatic carbocycles. The molecule has 2 amide bonds. The Kier molecular flexibility index (Phi) is 2.95. The molecule has 1 aromatic carbocycles. The van der Waals surface area contributed by atoms with Crippen molar-refractivity contribution in [3.63, 3.8) is 0 Å². The number of nitrogens with one attached hydrogen (secondary N) is 2. The maximum atomic E-state index is 11.7. The van der Waals surface area contributed by atoms with Gasteiger partial charge >= 0.3 is 0 Å². The second-order valence-corrected chi connectivity index (χ2v) is 4.70. The Hall–Kier alpha value is -2.30. The lowest BCUT2D eigenvalue weighted by Gasteiger charge is -2.18. The number of rotatable bonds is 3. The average Bonchev–Trinajstić information content (AvgIpc) is 2.85. The first-order valence-electron chi connectivity index (χ1n) is 6.36. The molecule has 0 bridgehead atoms. The molecule has 2 heterocycles. The fourth-order valence-corrected chi connectivity index (χ4v) is 2.50. The fraction of sp³-hybridized carbons (Fsp3) is 0.286. The Morgan fingerprint density at radius 2 is 2.26 bits per heavy atom. The summed E-state index contributed by atoms with van der Waals surface area (Å²) in [5.41, 5.74) is 0.939. The number of nitrogens with zero attached hydrogens (tertiary/aromatic N) is 1. The minimum atomic E-state index is -0.177. The van der Waals surface area contributed by atoms with Gasteiger partial charge in [0.2, 0.25) is 12.3 Å². The summed E-state index contributed by atoms with van der Waals surface area (Å²) in [5.74, 6) is 0.188. The number of fused-ring (bicyclic) bond motifs is 1. The van der Waals surface area contributed by atoms with Gasteiger partial charge in [-0.2, -0.15) is 0 Å². The molecule has 0 saturated carbocycles. The molecule has 2 aliphatic heterocycles. The predicted molar refractivity (Wildman–Crippen MR) is 72.3 cm³/mol. The number of amides is 2. The van der Waals surface area contributed by atoms with E-state index >= 15 is 0 Å². The predicted octanol–water partition coefficient (Wildman–Crippen LogP) is -0.993. The lowest BCUT2D eigenvalue weighted by atomic mass is 10.1. The first kappa shape index (κ1) is 11.8. The monoisotopic (exact) mass is 257 g/mol. The van der Waals surface area contributed by atoms with Crippen LogP contribution in [0.1, 0.15) is 12.8 Å². The van der Waals surface area contributed by atoms with Crippen LogP contribution in [0.2, 0.25) is 0 Å². The summed E-state index contributed by atoms with van der Waals surface area (Å²) in [6.45, 7) is 0.796. The molecule has 2 N–H and O–H groups in total. The molecule has 1 atom stereocenters. The highest BCUT2D eigenvalue weighted by molar-refractivity contribution is 5.95. The van der Waals surface area contributed by atoms with Crippen LogP contribution in [-0.4, -0.2) is 25.0 Å². The summed E-state index contributed by atoms with van der Waals surface area (Å²) in [5, 5.41) is 7.82. The minimum absolute atomic E-state index is 0.177. The fourth-order valence-electron chi connectivity index (χ4n) is 2.50. The van der Waals surface area contributed by atoms with Gasteiger partial charge in [-0.1, -0.05) is 6.07 Å². The normalized spacial score (nSPS) is 20.9. The molecule has 0 radical (unpaired) electrons. The van der Waals surface area contributed by atoms with Crippen LogP contribution in [0.3, 0.4) is 0 Å². The third kappa shape index (κ3) is 2.19. The number of carbonyl (C=O) groups excluding carboxylic acids is 2. The highest BCUT2D eigenvalue weighted by Gasteiger charge is 2.21. The molecule has 2 aliphatic rings. The van der Waals surface area contributed by atoms with E-state index in [0.29, 0.717) is 12.8 Å². The molecule has 0 spiro atoms. The summed E-state index contributed by atoms with van der Waals surface area (Å²) in [4.78, 5) is 24.0. The first-order chi connectivity index (χ1) is 9.28. The van der Waals surface area contributed by atoms with E-state index in [4.69, 9.17) is 0 Å². The Bertz CT molecular complexity index is 639. The maximum absolute atomic E-state index is 11.7. The van der Waals surface area contributed by atoms with Crippen molar-refractivity contribution in [1.82, 2.24) is 10.6 Å². The summed E-state index contributed by atoms with van der Waals surface area (Å²) in [6, 6.07) is 5.93. The number of anilines is 1. The highest BCUT2D eigenvalue weighted by Crippen LogP contribution is 2.18. The van der Waals surface area contributed by atoms with E-state index in [-0.39, 0.29) is 12.1 Å². The third-order valence-corrected chi connectivity index (χ3v) is 3.47. The molecule has 5 nitrogen and oxygen atoms in total. The molecule has 1 saturated heterocycles. The molecule has 3 rings (SSSR count). The van der Waals surface area contributed by atoms with Crippen molar-refractivity contribution in [1.29, 1.82) is 0 Å². The largest absolute Gasteiger partial charge is 0.368 e. The van der Waals surface area contributed by atoms with Gasteiger partial charge in [-0.3, -0.25) is 9.59 Å². The van der Waals surface area contributed by atoms with Crippen LogP contribution in [0, 0.1) is 0 Å². The Labute approximate surface area is 110 Å². The molecular weight excluding hydrogens is 242 g/mol. The number of carbonyl (C=O) groups is 2. The highest BCUT2D eigenvalue weighted by atomic mass is 16.2. The molecular formula is C14H15N3O2. The van der Waals surface area contributed by atoms with Gasteiger partial charge in [-0.15, -0.1) is 0 Å². The van der Waals surface area contributed by atoms with Gasteiger partial charge in [0.1, 0.15) is 6.17 Å². The second-order valence-electron chi connectivity index (χ2n) is 4.70. The first-order valence-corrected chi connectivity index (χ1v) is 6.36. The van der Waals surface area contributed by atoms with Gasteiger partial charge in [-0.05, 0) is 35.1 Å². The van der Waals surface area contributed by atoms with Gasteiger partial charge in [0, 0.05) is 24.9 Å². The lowest BCUT2D eigenvalue weighted by Crippen LogP contribution is -2.45. The van der Waals surface area contributed by atoms with Gasteiger partial charge in [0.25, 0.3) is 0 Å². The number of benzene rings is 1. The Balaban J connectivity index is 1.95. The Morgan fingerprint density at radius 3 is 3.00 bits per heavy atom. The lowest BCUT2D eigenvalue weighted by molar-refractivity contribution is -0.117. The van der Waals surface area contributed by atoms with E-state index in [0.717, 1.165) is 29.1 Å². The topological polar surface area (TPSA) is 61.4 Å². The smallest absolute Gasteiger partial charge is 0.227 e. The molecule has 1 unspecified atom stereocenters. The van der Waals surface area contributed by atoms with Crippen molar-refractivity contribution in [2.24, 2.45) is 0 Å². The van der Waals surface area contributed by atoms with Crippen LogP contribution in [0.4, 0.5) is 5.69 Å². The van der Waals surface area contributed by atoms with E-state index in [1.54, 1.807) is 0 Å². The van der Waals surface area contributed by atoms with Gasteiger partial charge in [0.15, 0.2) is 0 Å². The standard InChI is InChI=1S/C14H15N3O2/c18-9-16-13-7-10-3-4-12(6-11(10)8-15-13)17-5-1-2-14(17)19/h3-4,6-9,13,15H,1-2,5H2,(H,16,18). The zero-order chi connectivity index (χ0) is 13.2. The molecule has 0 aromatic heterocycles. The summed E-state index contributed by atoms with van der Waals surface area (Å²) in [7, 11) is 0. The molecule has 19 heavy (non-hydrogen) atoms. The summed E-state index contributed by atoms with van der Waals surface area (Å²) < 4.78 is 0. The second kappa shape index (κ2) is 4.76. The van der Waals surface area contributed by atoms with E-state index in [1.807, 2.05) is 35.4 Å². The van der Waals surface area contributed by atoms with Gasteiger partial charge < -0.3 is 15.5 Å². The zero-order valence-corrected chi connectivity index (χ0v) is 10.4. The van der Waals surface area contributed by atoms with Crippen LogP contribution >= 0.6 is 0 Å². The van der Waals surface area contributed by atoms with Crippen LogP contribution in [0.5, 0.6) is 0 Å². The molecule has 1 fully saturated rings. The third-order valence-electron chi connectivity index (χ3n) is 3.47. The molecule has 98 valence electrons. The van der Waals surface area contributed by atoms with Crippen LogP contribution in [0.15, 0.2) is 18.2 Å². The van der Waals surface area contributed by atoms with Gasteiger partial charge in [-0.25, -0.2) is 0 Å². The molecule has 5 heteroatoms. The zero-order valence-electron chi connectivity index (χ0n) is 10.4. The van der Waals surface area contributed by atoms with Crippen molar-refractivity contribution < 1.29 is 9.59 Å². The van der Waals surface area contributed by atoms with E-state index in [1.165, 1.54) is 0 Å². The molecule has 1 aromatic rings. The van der Waals surface area contributed by atoms with Crippen LogP contribution in [0.25, 0.3) is 12.3 Å². The van der Waals surface area contributed by atoms with E-state index < -0.39 is 0 Å². The quantitative estimate of drug-likeness (QED) is 0.683. The maximum Gasteiger partial charge on any atom is 0.227 e. The average molecular weight is 257 g/mol. The summed E-state index contributed by atoms with van der Waals surface area (Å²) >= 11 is 0. The SMILES string of the molecule is O=CNC1C=c2ccc(N3CCCC3=O)cc2=CN1. The van der Waals surface area contributed by atoms with E-state index in [2.05, 4.69) is 10.6 Å². The number of hydrogen-bond donors (Lipinski definition) is 2. The summed E-state index contributed by atoms with van der Waals surface area (Å²) in [6.07, 6.45) is 5.86. The van der Waals surface area contributed by atoms with Crippen molar-refractivity contribution in [2.45, 2.75) is 19.0 Å². The van der Waals surface area contributed by atoms with Crippen LogP contribution < -0.4 is 26.0 Å². The number of hydrogen-bond acceptors (Lipinski definition) is 3. The minimum Gasteiger partial charge on any atom is -0.368 e. The van der Waals surface area contributed by atoms with E-state index in [9.17, 15) is 9.59 Å². The van der Waals surface area contributed by atoms with Crippen molar-refractivity contribution in [3.8, 4) is 0 Å². The van der Waals surface area contributed by atoms with Crippen molar-refractivity contribution in [2.75, 3.05) is 11.4 Å². The van der Waals surface area contributed by atoms with Crippen molar-refractivity contribution >= 4 is 30.3 Å².